The lowest BCUT2D eigenvalue weighted by Crippen LogP contribution is -2.32. The van der Waals surface area contributed by atoms with Gasteiger partial charge in [-0.15, -0.1) is 11.3 Å². The summed E-state index contributed by atoms with van der Waals surface area (Å²) in [7, 11) is 1.57. The quantitative estimate of drug-likeness (QED) is 0.352. The fourth-order valence-corrected chi connectivity index (χ4v) is 5.27. The molecule has 0 saturated carbocycles. The lowest BCUT2D eigenvalue weighted by atomic mass is 10.2. The number of nitrogens with zero attached hydrogens (tertiary/aromatic N) is 2. The molecule has 180 valence electrons. The first-order valence-corrected chi connectivity index (χ1v) is 12.3. The fourth-order valence-electron chi connectivity index (χ4n) is 3.64. The number of hydrogen-bond acceptors (Lipinski definition) is 6. The van der Waals surface area contributed by atoms with Crippen LogP contribution in [0.1, 0.15) is 26.4 Å². The van der Waals surface area contributed by atoms with Crippen molar-refractivity contribution in [3.63, 3.8) is 0 Å². The number of amides is 2. The van der Waals surface area contributed by atoms with Crippen LogP contribution in [0.3, 0.4) is 0 Å². The van der Waals surface area contributed by atoms with Crippen molar-refractivity contribution in [2.45, 2.75) is 26.9 Å². The number of nitrogens with one attached hydrogen (secondary N) is 2. The van der Waals surface area contributed by atoms with E-state index in [1.54, 1.807) is 14.0 Å². The Bertz CT molecular complexity index is 1490. The van der Waals surface area contributed by atoms with Crippen LogP contribution in [0.4, 0.5) is 5.69 Å². The van der Waals surface area contributed by atoms with E-state index in [0.29, 0.717) is 32.1 Å². The normalized spacial score (nSPS) is 10.9. The summed E-state index contributed by atoms with van der Waals surface area (Å²) in [5.41, 5.74) is 2.69. The lowest BCUT2D eigenvalue weighted by Gasteiger charge is -2.10. The zero-order valence-corrected chi connectivity index (χ0v) is 21.7. The molecule has 2 aromatic heterocycles. The van der Waals surface area contributed by atoms with Gasteiger partial charge in [0.1, 0.15) is 17.1 Å². The lowest BCUT2D eigenvalue weighted by molar-refractivity contribution is -0.121. The molecule has 2 aromatic carbocycles. The third-order valence-corrected chi connectivity index (χ3v) is 7.33. The van der Waals surface area contributed by atoms with E-state index in [9.17, 15) is 14.4 Å². The van der Waals surface area contributed by atoms with Gasteiger partial charge in [0.15, 0.2) is 0 Å². The molecule has 10 heteroatoms. The van der Waals surface area contributed by atoms with E-state index in [2.05, 4.69) is 31.5 Å². The fraction of sp³-hybridized carbons (Fsp3) is 0.200. The highest BCUT2D eigenvalue weighted by Crippen LogP contribution is 2.29. The highest BCUT2D eigenvalue weighted by Gasteiger charge is 2.21. The number of fused-ring (bicyclic) bond motifs is 1. The van der Waals surface area contributed by atoms with Gasteiger partial charge in [0.05, 0.1) is 29.4 Å². The molecule has 2 amide bonds. The van der Waals surface area contributed by atoms with Gasteiger partial charge < -0.3 is 15.4 Å². The average molecular weight is 555 g/mol. The maximum atomic E-state index is 13.1. The van der Waals surface area contributed by atoms with Crippen LogP contribution in [0.5, 0.6) is 5.75 Å². The van der Waals surface area contributed by atoms with E-state index in [0.717, 1.165) is 26.9 Å². The number of halogens is 1. The Morgan fingerprint density at radius 1 is 1.17 bits per heavy atom. The topological polar surface area (TPSA) is 102 Å². The number of hydrogen-bond donors (Lipinski definition) is 2. The highest BCUT2D eigenvalue weighted by molar-refractivity contribution is 9.10. The summed E-state index contributed by atoms with van der Waals surface area (Å²) in [6, 6.07) is 13.0. The second kappa shape index (κ2) is 10.4. The van der Waals surface area contributed by atoms with Crippen molar-refractivity contribution in [3.05, 3.63) is 85.2 Å². The molecular formula is C25H23BrN4O4S. The molecule has 0 aliphatic carbocycles. The molecule has 0 radical (unpaired) electrons. The summed E-state index contributed by atoms with van der Waals surface area (Å²) in [6.45, 7) is 3.75. The second-order valence-corrected chi connectivity index (χ2v) is 9.79. The van der Waals surface area contributed by atoms with Gasteiger partial charge in [0, 0.05) is 16.6 Å². The molecule has 0 aliphatic heterocycles. The molecule has 4 aromatic rings. The largest absolute Gasteiger partial charge is 0.496 e. The average Bonchev–Trinajstić information content (AvgIpc) is 3.18. The number of rotatable bonds is 7. The van der Waals surface area contributed by atoms with E-state index >= 15 is 0 Å². The third kappa shape index (κ3) is 5.28. The molecular weight excluding hydrogens is 532 g/mol. The number of ether oxygens (including phenoxy) is 1. The van der Waals surface area contributed by atoms with Gasteiger partial charge in [-0.3, -0.25) is 19.0 Å². The molecule has 8 nitrogen and oxygen atoms in total. The van der Waals surface area contributed by atoms with Gasteiger partial charge in [0.2, 0.25) is 5.91 Å². The number of aromatic nitrogens is 2. The molecule has 0 atom stereocenters. The molecule has 0 saturated heterocycles. The zero-order valence-electron chi connectivity index (χ0n) is 19.3. The minimum atomic E-state index is -0.369. The van der Waals surface area contributed by atoms with Gasteiger partial charge in [-0.05, 0) is 59.1 Å². The molecule has 0 aliphatic rings. The molecule has 2 heterocycles. The standard InChI is InChI=1S/C25H23BrN4O4S/c1-14-8-9-18(17(26)10-14)29-23(32)22-15(2)21-24(35-22)28-13-30(25(21)33)12-20(31)27-11-16-6-4-5-7-19(16)34-3/h4-10,13H,11-12H2,1-3H3,(H,27,31)(H,29,32). The van der Waals surface area contributed by atoms with Crippen molar-refractivity contribution in [1.29, 1.82) is 0 Å². The monoisotopic (exact) mass is 554 g/mol. The highest BCUT2D eigenvalue weighted by atomic mass is 79.9. The minimum absolute atomic E-state index is 0.190. The number of methoxy groups -OCH3 is 1. The Morgan fingerprint density at radius 3 is 2.69 bits per heavy atom. The van der Waals surface area contributed by atoms with Crippen LogP contribution in [-0.2, 0) is 17.9 Å². The van der Waals surface area contributed by atoms with Crippen molar-refractivity contribution in [2.24, 2.45) is 0 Å². The van der Waals surface area contributed by atoms with E-state index in [1.807, 2.05) is 49.4 Å². The number of carbonyl (C=O) groups is 2. The van der Waals surface area contributed by atoms with Crippen LogP contribution >= 0.6 is 27.3 Å². The van der Waals surface area contributed by atoms with Gasteiger partial charge in [-0.1, -0.05) is 24.3 Å². The summed E-state index contributed by atoms with van der Waals surface area (Å²) in [5.74, 6) is 0.00945. The van der Waals surface area contributed by atoms with Crippen molar-refractivity contribution >= 4 is 55.0 Å². The number of benzene rings is 2. The van der Waals surface area contributed by atoms with Crippen LogP contribution in [0.25, 0.3) is 10.2 Å². The Balaban J connectivity index is 1.52. The molecule has 0 fully saturated rings. The van der Waals surface area contributed by atoms with Crippen LogP contribution in [-0.4, -0.2) is 28.5 Å². The van der Waals surface area contributed by atoms with Gasteiger partial charge in [-0.25, -0.2) is 4.98 Å². The zero-order chi connectivity index (χ0) is 25.1. The Labute approximate surface area is 214 Å². The van der Waals surface area contributed by atoms with Gasteiger partial charge in [-0.2, -0.15) is 0 Å². The SMILES string of the molecule is COc1ccccc1CNC(=O)Cn1cnc2sc(C(=O)Nc3ccc(C)cc3Br)c(C)c2c1=O. The van der Waals surface area contributed by atoms with Crippen LogP contribution < -0.4 is 20.9 Å². The predicted octanol–water partition coefficient (Wildman–Crippen LogP) is 4.41. The van der Waals surface area contributed by atoms with Crippen LogP contribution in [0, 0.1) is 13.8 Å². The summed E-state index contributed by atoms with van der Waals surface area (Å²) < 4.78 is 7.31. The first-order valence-electron chi connectivity index (χ1n) is 10.7. The number of thiophene rings is 1. The first kappa shape index (κ1) is 24.6. The maximum absolute atomic E-state index is 13.1. The molecule has 0 spiro atoms. The van der Waals surface area contributed by atoms with Crippen molar-refractivity contribution < 1.29 is 14.3 Å². The predicted molar refractivity (Wildman–Crippen MR) is 140 cm³/mol. The molecule has 35 heavy (non-hydrogen) atoms. The molecule has 2 N–H and O–H groups in total. The third-order valence-electron chi connectivity index (χ3n) is 5.48. The molecule has 0 bridgehead atoms. The van der Waals surface area contributed by atoms with E-state index in [-0.39, 0.29) is 30.5 Å². The van der Waals surface area contributed by atoms with Crippen molar-refractivity contribution in [2.75, 3.05) is 12.4 Å². The minimum Gasteiger partial charge on any atom is -0.496 e. The van der Waals surface area contributed by atoms with Gasteiger partial charge in [0.25, 0.3) is 11.5 Å². The van der Waals surface area contributed by atoms with Gasteiger partial charge >= 0.3 is 0 Å². The number of carbonyl (C=O) groups excluding carboxylic acids is 2. The summed E-state index contributed by atoms with van der Waals surface area (Å²) in [5, 5.41) is 6.01. The maximum Gasteiger partial charge on any atom is 0.266 e. The molecule has 4 rings (SSSR count). The van der Waals surface area contributed by atoms with Crippen LogP contribution in [0.2, 0.25) is 0 Å². The Hall–Kier alpha value is -3.50. The van der Waals surface area contributed by atoms with Crippen LogP contribution in [0.15, 0.2) is 58.1 Å². The Morgan fingerprint density at radius 2 is 1.94 bits per heavy atom. The van der Waals surface area contributed by atoms with E-state index < -0.39 is 0 Å². The molecule has 0 unspecified atom stereocenters. The Kier molecular flexibility index (Phi) is 7.32. The number of anilines is 1. The summed E-state index contributed by atoms with van der Waals surface area (Å²) in [4.78, 5) is 43.8. The summed E-state index contributed by atoms with van der Waals surface area (Å²) in [6.07, 6.45) is 1.33. The smallest absolute Gasteiger partial charge is 0.266 e. The van der Waals surface area contributed by atoms with E-state index in [1.165, 1.54) is 10.9 Å². The van der Waals surface area contributed by atoms with Crippen molar-refractivity contribution in [3.8, 4) is 5.75 Å². The van der Waals surface area contributed by atoms with Crippen molar-refractivity contribution in [1.82, 2.24) is 14.9 Å². The van der Waals surface area contributed by atoms with E-state index in [4.69, 9.17) is 4.74 Å². The summed E-state index contributed by atoms with van der Waals surface area (Å²) >= 11 is 4.61. The second-order valence-electron chi connectivity index (χ2n) is 7.94. The number of para-hydroxylation sites is 1. The first-order chi connectivity index (χ1) is 16.8. The number of aryl methyl sites for hydroxylation is 2.